The molecule has 1 heteroatoms. The molecule has 54 valence electrons. The van der Waals surface area contributed by atoms with Crippen LogP contribution < -0.4 is 0 Å². The van der Waals surface area contributed by atoms with Gasteiger partial charge >= 0.3 is 0 Å². The van der Waals surface area contributed by atoms with E-state index in [1.54, 1.807) is 6.92 Å². The molecule has 0 fully saturated rings. The average Bonchev–Trinajstić information content (AvgIpc) is 1.98. The van der Waals surface area contributed by atoms with Crippen molar-refractivity contribution in [2.24, 2.45) is 0 Å². The van der Waals surface area contributed by atoms with Gasteiger partial charge in [0.1, 0.15) is 6.29 Å². The topological polar surface area (TPSA) is 17.1 Å². The first-order valence-electron chi connectivity index (χ1n) is 3.36. The molecule has 0 aliphatic rings. The predicted octanol–water partition coefficient (Wildman–Crippen LogP) is 1.94. The maximum absolute atomic E-state index is 10.1. The summed E-state index contributed by atoms with van der Waals surface area (Å²) in [6.07, 6.45) is 10.5. The highest BCUT2D eigenvalue weighted by Gasteiger charge is 1.83. The first kappa shape index (κ1) is 8.97. The summed E-state index contributed by atoms with van der Waals surface area (Å²) in [5.41, 5.74) is 0.789. The van der Waals surface area contributed by atoms with E-state index in [4.69, 9.17) is 6.42 Å². The van der Waals surface area contributed by atoms with E-state index in [1.165, 1.54) is 0 Å². The Morgan fingerprint density at radius 1 is 1.70 bits per heavy atom. The molecule has 0 aromatic heterocycles. The lowest BCUT2D eigenvalue weighted by molar-refractivity contribution is -0.104. The molecule has 0 rings (SSSR count). The van der Waals surface area contributed by atoms with E-state index in [-0.39, 0.29) is 0 Å². The highest BCUT2D eigenvalue weighted by molar-refractivity contribution is 5.71. The van der Waals surface area contributed by atoms with Crippen LogP contribution in [0.4, 0.5) is 0 Å². The summed E-state index contributed by atoms with van der Waals surface area (Å²) >= 11 is 0. The van der Waals surface area contributed by atoms with Gasteiger partial charge in [0.15, 0.2) is 0 Å². The normalized spacial score (nSPS) is 10.6. The van der Waals surface area contributed by atoms with Gasteiger partial charge in [-0.1, -0.05) is 6.08 Å². The van der Waals surface area contributed by atoms with Gasteiger partial charge in [0, 0.05) is 6.42 Å². The average molecular weight is 136 g/mol. The van der Waals surface area contributed by atoms with Gasteiger partial charge < -0.3 is 0 Å². The van der Waals surface area contributed by atoms with Crippen molar-refractivity contribution in [3.8, 4) is 12.3 Å². The third kappa shape index (κ3) is 5.11. The fourth-order valence-corrected chi connectivity index (χ4v) is 0.582. The SMILES string of the molecule is C#CCCC/C=C(\C)C=O. The summed E-state index contributed by atoms with van der Waals surface area (Å²) < 4.78 is 0. The molecule has 0 saturated heterocycles. The molecule has 0 atom stereocenters. The number of aldehydes is 1. The Morgan fingerprint density at radius 2 is 2.40 bits per heavy atom. The Balaban J connectivity index is 3.35. The first-order chi connectivity index (χ1) is 4.81. The maximum Gasteiger partial charge on any atom is 0.145 e. The van der Waals surface area contributed by atoms with Crippen LogP contribution in [-0.4, -0.2) is 6.29 Å². The van der Waals surface area contributed by atoms with Crippen molar-refractivity contribution in [3.05, 3.63) is 11.6 Å². The summed E-state index contributed by atoms with van der Waals surface area (Å²) in [4.78, 5) is 10.1. The second-order valence-corrected chi connectivity index (χ2v) is 2.16. The molecular formula is C9H12O. The summed E-state index contributed by atoms with van der Waals surface area (Å²) in [7, 11) is 0. The Hall–Kier alpha value is -1.03. The molecule has 0 amide bonds. The van der Waals surface area contributed by atoms with E-state index in [0.717, 1.165) is 31.1 Å². The van der Waals surface area contributed by atoms with Crippen molar-refractivity contribution in [3.63, 3.8) is 0 Å². The molecule has 10 heavy (non-hydrogen) atoms. The van der Waals surface area contributed by atoms with Crippen LogP contribution in [0, 0.1) is 12.3 Å². The zero-order valence-corrected chi connectivity index (χ0v) is 6.26. The van der Waals surface area contributed by atoms with Crippen molar-refractivity contribution in [2.75, 3.05) is 0 Å². The van der Waals surface area contributed by atoms with Crippen LogP contribution in [0.25, 0.3) is 0 Å². The number of allylic oxidation sites excluding steroid dienone is 2. The van der Waals surface area contributed by atoms with Crippen LogP contribution in [-0.2, 0) is 4.79 Å². The standard InChI is InChI=1S/C9H12O/c1-3-4-5-6-7-9(2)8-10/h1,7-8H,4-6H2,2H3/b9-7+. The second-order valence-electron chi connectivity index (χ2n) is 2.16. The van der Waals surface area contributed by atoms with Crippen molar-refractivity contribution >= 4 is 6.29 Å². The van der Waals surface area contributed by atoms with E-state index in [2.05, 4.69) is 5.92 Å². The van der Waals surface area contributed by atoms with Crippen molar-refractivity contribution in [1.82, 2.24) is 0 Å². The third-order valence-corrected chi connectivity index (χ3v) is 1.18. The first-order valence-corrected chi connectivity index (χ1v) is 3.36. The van der Waals surface area contributed by atoms with Gasteiger partial charge in [-0.05, 0) is 25.3 Å². The summed E-state index contributed by atoms with van der Waals surface area (Å²) in [6.45, 7) is 1.79. The van der Waals surface area contributed by atoms with Crippen LogP contribution in [0.5, 0.6) is 0 Å². The number of unbranched alkanes of at least 4 members (excludes halogenated alkanes) is 2. The largest absolute Gasteiger partial charge is 0.298 e. The van der Waals surface area contributed by atoms with Gasteiger partial charge in [0.2, 0.25) is 0 Å². The monoisotopic (exact) mass is 136 g/mol. The van der Waals surface area contributed by atoms with Crippen molar-refractivity contribution in [2.45, 2.75) is 26.2 Å². The molecule has 0 radical (unpaired) electrons. The Morgan fingerprint density at radius 3 is 2.90 bits per heavy atom. The molecule has 0 heterocycles. The predicted molar refractivity (Wildman–Crippen MR) is 42.5 cm³/mol. The molecule has 0 saturated carbocycles. The lowest BCUT2D eigenvalue weighted by Gasteiger charge is -1.88. The summed E-state index contributed by atoms with van der Waals surface area (Å²) in [6, 6.07) is 0. The number of rotatable bonds is 4. The van der Waals surface area contributed by atoms with Gasteiger partial charge in [-0.3, -0.25) is 4.79 Å². The molecule has 0 aromatic rings. The van der Waals surface area contributed by atoms with E-state index in [0.29, 0.717) is 0 Å². The molecule has 0 aromatic carbocycles. The molecule has 0 N–H and O–H groups in total. The van der Waals surface area contributed by atoms with Gasteiger partial charge in [-0.15, -0.1) is 12.3 Å². The lowest BCUT2D eigenvalue weighted by Crippen LogP contribution is -1.76. The van der Waals surface area contributed by atoms with E-state index in [1.807, 2.05) is 6.08 Å². The number of hydrogen-bond donors (Lipinski definition) is 0. The smallest absolute Gasteiger partial charge is 0.145 e. The molecule has 1 nitrogen and oxygen atoms in total. The number of carbonyl (C=O) groups excluding carboxylic acids is 1. The molecular weight excluding hydrogens is 124 g/mol. The fraction of sp³-hybridized carbons (Fsp3) is 0.444. The van der Waals surface area contributed by atoms with Crippen LogP contribution in [0.1, 0.15) is 26.2 Å². The zero-order valence-electron chi connectivity index (χ0n) is 6.26. The quantitative estimate of drug-likeness (QED) is 0.250. The van der Waals surface area contributed by atoms with Crippen LogP contribution in [0.2, 0.25) is 0 Å². The minimum Gasteiger partial charge on any atom is -0.298 e. The minimum atomic E-state index is 0.789. The number of hydrogen-bond acceptors (Lipinski definition) is 1. The van der Waals surface area contributed by atoms with Crippen molar-refractivity contribution < 1.29 is 4.79 Å². The second kappa shape index (κ2) is 6.10. The van der Waals surface area contributed by atoms with E-state index < -0.39 is 0 Å². The van der Waals surface area contributed by atoms with Gasteiger partial charge in [0.25, 0.3) is 0 Å². The number of carbonyl (C=O) groups is 1. The van der Waals surface area contributed by atoms with Crippen LogP contribution >= 0.6 is 0 Å². The van der Waals surface area contributed by atoms with Gasteiger partial charge in [-0.2, -0.15) is 0 Å². The van der Waals surface area contributed by atoms with E-state index >= 15 is 0 Å². The highest BCUT2D eigenvalue weighted by atomic mass is 16.1. The summed E-state index contributed by atoms with van der Waals surface area (Å²) in [5.74, 6) is 2.54. The lowest BCUT2D eigenvalue weighted by atomic mass is 10.2. The molecule has 0 unspecified atom stereocenters. The molecule has 0 aliphatic carbocycles. The Bertz CT molecular complexity index is 160. The van der Waals surface area contributed by atoms with Gasteiger partial charge in [0.05, 0.1) is 0 Å². The van der Waals surface area contributed by atoms with Crippen LogP contribution in [0.3, 0.4) is 0 Å². The summed E-state index contributed by atoms with van der Waals surface area (Å²) in [5, 5.41) is 0. The number of terminal acetylenes is 1. The zero-order chi connectivity index (χ0) is 7.82. The van der Waals surface area contributed by atoms with Crippen molar-refractivity contribution in [1.29, 1.82) is 0 Å². The molecule has 0 aliphatic heterocycles. The van der Waals surface area contributed by atoms with E-state index in [9.17, 15) is 4.79 Å². The fourth-order valence-electron chi connectivity index (χ4n) is 0.582. The van der Waals surface area contributed by atoms with Gasteiger partial charge in [-0.25, -0.2) is 0 Å². The molecule has 0 bridgehead atoms. The molecule has 0 spiro atoms. The third-order valence-electron chi connectivity index (χ3n) is 1.18. The Kier molecular flexibility index (Phi) is 5.47. The Labute approximate surface area is 62.1 Å². The van der Waals surface area contributed by atoms with Crippen LogP contribution in [0.15, 0.2) is 11.6 Å². The highest BCUT2D eigenvalue weighted by Crippen LogP contribution is 1.97. The minimum absolute atomic E-state index is 0.789. The maximum atomic E-state index is 10.1.